The van der Waals surface area contributed by atoms with E-state index in [4.69, 9.17) is 14.2 Å². The van der Waals surface area contributed by atoms with Crippen molar-refractivity contribution in [3.05, 3.63) is 48.6 Å². The lowest BCUT2D eigenvalue weighted by Crippen LogP contribution is -2.45. The summed E-state index contributed by atoms with van der Waals surface area (Å²) in [5.41, 5.74) is 1.20. The molecule has 1 unspecified atom stereocenters. The minimum absolute atomic E-state index is 0.0477. The predicted octanol–water partition coefficient (Wildman–Crippen LogP) is 4.71. The molecule has 0 spiro atoms. The third-order valence-electron chi connectivity index (χ3n) is 4.39. The van der Waals surface area contributed by atoms with Crippen LogP contribution in [0.15, 0.2) is 43.0 Å². The Bertz CT molecular complexity index is 459. The first-order valence-corrected chi connectivity index (χ1v) is 8.67. The molecule has 0 N–H and O–H groups in total. The smallest absolute Gasteiger partial charge is 0.161 e. The van der Waals surface area contributed by atoms with Gasteiger partial charge in [-0.3, -0.25) is 0 Å². The fraction of sp³-hybridized carbons (Fsp3) is 0.600. The molecule has 1 aliphatic heterocycles. The molecule has 0 amide bonds. The van der Waals surface area contributed by atoms with E-state index in [0.717, 1.165) is 19.3 Å². The Labute approximate surface area is 140 Å². The van der Waals surface area contributed by atoms with Gasteiger partial charge in [-0.25, -0.2) is 0 Å². The molecule has 1 aliphatic rings. The summed E-state index contributed by atoms with van der Waals surface area (Å²) in [5, 5.41) is 0. The lowest BCUT2D eigenvalue weighted by Gasteiger charge is -2.39. The summed E-state index contributed by atoms with van der Waals surface area (Å²) in [6.07, 6.45) is 5.07. The Morgan fingerprint density at radius 2 is 2.04 bits per heavy atom. The first-order chi connectivity index (χ1) is 11.1. The molecule has 128 valence electrons. The quantitative estimate of drug-likeness (QED) is 0.649. The highest BCUT2D eigenvalue weighted by molar-refractivity contribution is 5.13. The minimum Gasteiger partial charge on any atom is -0.371 e. The molecule has 1 aromatic carbocycles. The highest BCUT2D eigenvalue weighted by atomic mass is 16.7. The summed E-state index contributed by atoms with van der Waals surface area (Å²) in [6.45, 7) is 10.7. The zero-order valence-corrected chi connectivity index (χ0v) is 14.6. The molecule has 0 aliphatic carbocycles. The molecule has 1 fully saturated rings. The average Bonchev–Trinajstić information content (AvgIpc) is 2.55. The zero-order valence-electron chi connectivity index (χ0n) is 14.6. The Morgan fingerprint density at radius 3 is 2.74 bits per heavy atom. The van der Waals surface area contributed by atoms with Gasteiger partial charge in [-0.1, -0.05) is 43.3 Å². The Hall–Kier alpha value is -1.16. The lowest BCUT2D eigenvalue weighted by molar-refractivity contribution is -0.262. The second-order valence-electron chi connectivity index (χ2n) is 6.57. The maximum Gasteiger partial charge on any atom is 0.161 e. The van der Waals surface area contributed by atoms with Crippen LogP contribution < -0.4 is 0 Å². The number of allylic oxidation sites excluding steroid dienone is 1. The summed E-state index contributed by atoms with van der Waals surface area (Å²) in [6, 6.07) is 10.3. The molecule has 0 bridgehead atoms. The van der Waals surface area contributed by atoms with E-state index in [-0.39, 0.29) is 24.6 Å². The molecule has 1 saturated heterocycles. The first-order valence-electron chi connectivity index (χ1n) is 8.67. The number of benzene rings is 1. The van der Waals surface area contributed by atoms with Crippen LogP contribution in [-0.4, -0.2) is 24.6 Å². The van der Waals surface area contributed by atoms with Gasteiger partial charge in [0.1, 0.15) is 0 Å². The Kier molecular flexibility index (Phi) is 7.28. The van der Waals surface area contributed by atoms with E-state index in [0.29, 0.717) is 12.5 Å². The summed E-state index contributed by atoms with van der Waals surface area (Å²) >= 11 is 0. The highest BCUT2D eigenvalue weighted by Crippen LogP contribution is 2.29. The van der Waals surface area contributed by atoms with E-state index in [1.165, 1.54) is 5.56 Å². The molecular formula is C20H30O3. The third-order valence-corrected chi connectivity index (χ3v) is 4.39. The van der Waals surface area contributed by atoms with Crippen LogP contribution in [-0.2, 0) is 20.8 Å². The average molecular weight is 318 g/mol. The summed E-state index contributed by atoms with van der Waals surface area (Å²) in [7, 11) is 0. The molecule has 0 saturated carbocycles. The second-order valence-corrected chi connectivity index (χ2v) is 6.57. The molecule has 2 rings (SSSR count). The van der Waals surface area contributed by atoms with Gasteiger partial charge in [-0.15, -0.1) is 6.58 Å². The van der Waals surface area contributed by atoms with E-state index in [2.05, 4.69) is 39.5 Å². The van der Waals surface area contributed by atoms with Crippen molar-refractivity contribution in [2.75, 3.05) is 0 Å². The van der Waals surface area contributed by atoms with E-state index in [9.17, 15) is 0 Å². The van der Waals surface area contributed by atoms with Crippen LogP contribution in [0.4, 0.5) is 0 Å². The van der Waals surface area contributed by atoms with Crippen molar-refractivity contribution in [2.45, 2.75) is 71.2 Å². The second kappa shape index (κ2) is 9.21. The normalized spacial score (nSPS) is 29.2. The van der Waals surface area contributed by atoms with Gasteiger partial charge >= 0.3 is 0 Å². The van der Waals surface area contributed by atoms with Crippen molar-refractivity contribution in [1.82, 2.24) is 0 Å². The Morgan fingerprint density at radius 1 is 1.30 bits per heavy atom. The summed E-state index contributed by atoms with van der Waals surface area (Å²) < 4.78 is 18.2. The molecule has 3 heteroatoms. The van der Waals surface area contributed by atoms with Crippen LogP contribution in [0.2, 0.25) is 0 Å². The van der Waals surface area contributed by atoms with Gasteiger partial charge < -0.3 is 14.2 Å². The topological polar surface area (TPSA) is 27.7 Å². The van der Waals surface area contributed by atoms with Crippen LogP contribution in [0.25, 0.3) is 0 Å². The monoisotopic (exact) mass is 318 g/mol. The van der Waals surface area contributed by atoms with Gasteiger partial charge in [0, 0.05) is 5.92 Å². The standard InChI is InChI=1S/C20H30O3/c1-5-6-10-16(3)22-20-15(2)13-19(17(4)23-20)21-14-18-11-8-7-9-12-18/h5,7-9,11-12,15-17,19-20H,1,6,10,13-14H2,2-4H3/t15-,16-,17?,19+,20+/m1/s1. The van der Waals surface area contributed by atoms with Gasteiger partial charge in [0.15, 0.2) is 6.29 Å². The van der Waals surface area contributed by atoms with Gasteiger partial charge in [0.05, 0.1) is 24.9 Å². The van der Waals surface area contributed by atoms with Crippen LogP contribution in [0.1, 0.15) is 45.6 Å². The van der Waals surface area contributed by atoms with E-state index in [1.807, 2.05) is 24.3 Å². The van der Waals surface area contributed by atoms with Crippen molar-refractivity contribution < 1.29 is 14.2 Å². The van der Waals surface area contributed by atoms with E-state index < -0.39 is 0 Å². The van der Waals surface area contributed by atoms with E-state index in [1.54, 1.807) is 0 Å². The number of rotatable bonds is 8. The molecule has 23 heavy (non-hydrogen) atoms. The minimum atomic E-state index is -0.138. The van der Waals surface area contributed by atoms with Crippen molar-refractivity contribution in [3.8, 4) is 0 Å². The number of hydrogen-bond donors (Lipinski definition) is 0. The largest absolute Gasteiger partial charge is 0.371 e. The SMILES string of the molecule is C=CCC[C@@H](C)O[C@H]1OC(C)[C@@H](OCc2ccccc2)C[C@H]1C. The first kappa shape index (κ1) is 18.2. The Balaban J connectivity index is 1.80. The van der Waals surface area contributed by atoms with Gasteiger partial charge in [-0.2, -0.15) is 0 Å². The third kappa shape index (κ3) is 5.76. The van der Waals surface area contributed by atoms with Crippen molar-refractivity contribution in [3.63, 3.8) is 0 Å². The van der Waals surface area contributed by atoms with Crippen LogP contribution in [0.5, 0.6) is 0 Å². The fourth-order valence-corrected chi connectivity index (χ4v) is 2.90. The van der Waals surface area contributed by atoms with Crippen molar-refractivity contribution in [2.24, 2.45) is 5.92 Å². The zero-order chi connectivity index (χ0) is 16.7. The highest BCUT2D eigenvalue weighted by Gasteiger charge is 2.35. The van der Waals surface area contributed by atoms with E-state index >= 15 is 0 Å². The number of hydrogen-bond acceptors (Lipinski definition) is 3. The molecule has 1 aromatic rings. The summed E-state index contributed by atoms with van der Waals surface area (Å²) in [4.78, 5) is 0. The van der Waals surface area contributed by atoms with Crippen LogP contribution in [0, 0.1) is 5.92 Å². The molecular weight excluding hydrogens is 288 g/mol. The maximum atomic E-state index is 6.08. The molecule has 3 nitrogen and oxygen atoms in total. The van der Waals surface area contributed by atoms with Crippen molar-refractivity contribution in [1.29, 1.82) is 0 Å². The van der Waals surface area contributed by atoms with Crippen LogP contribution >= 0.6 is 0 Å². The maximum absolute atomic E-state index is 6.08. The lowest BCUT2D eigenvalue weighted by atomic mass is 9.96. The van der Waals surface area contributed by atoms with Crippen LogP contribution in [0.3, 0.4) is 0 Å². The fourth-order valence-electron chi connectivity index (χ4n) is 2.90. The van der Waals surface area contributed by atoms with Gasteiger partial charge in [0.2, 0.25) is 0 Å². The molecule has 0 aromatic heterocycles. The molecule has 1 heterocycles. The summed E-state index contributed by atoms with van der Waals surface area (Å²) in [5.74, 6) is 0.332. The number of ether oxygens (including phenoxy) is 3. The van der Waals surface area contributed by atoms with Gasteiger partial charge in [-0.05, 0) is 38.7 Å². The van der Waals surface area contributed by atoms with Crippen molar-refractivity contribution >= 4 is 0 Å². The predicted molar refractivity (Wildman–Crippen MR) is 93.1 cm³/mol. The molecule has 0 radical (unpaired) electrons. The molecule has 5 atom stereocenters. The van der Waals surface area contributed by atoms with Gasteiger partial charge in [0.25, 0.3) is 0 Å².